The molecule has 2 heterocycles. The molecule has 8 heteroatoms. The molecular weight excluding hydrogens is 271 g/mol. The van der Waals surface area contributed by atoms with Gasteiger partial charge in [0.05, 0.1) is 13.0 Å². The molecule has 0 saturated heterocycles. The number of alkyl halides is 3. The van der Waals surface area contributed by atoms with E-state index < -0.39 is 18.6 Å². The summed E-state index contributed by atoms with van der Waals surface area (Å²) in [5.41, 5.74) is 0.797. The molecule has 2 N–H and O–H groups in total. The SMILES string of the molecule is CC(CC(F)(F)F)NCc1nc(-c2ccncc2)n[nH]1. The number of aromatic nitrogens is 4. The van der Waals surface area contributed by atoms with Gasteiger partial charge in [0.2, 0.25) is 0 Å². The van der Waals surface area contributed by atoms with E-state index in [0.29, 0.717) is 11.6 Å². The van der Waals surface area contributed by atoms with E-state index in [2.05, 4.69) is 25.5 Å². The first-order chi connectivity index (χ1) is 9.44. The maximum absolute atomic E-state index is 12.2. The predicted octanol–water partition coefficient (Wildman–Crippen LogP) is 2.30. The largest absolute Gasteiger partial charge is 0.390 e. The van der Waals surface area contributed by atoms with E-state index in [1.807, 2.05) is 0 Å². The van der Waals surface area contributed by atoms with E-state index in [1.165, 1.54) is 6.92 Å². The van der Waals surface area contributed by atoms with Crippen LogP contribution in [0.15, 0.2) is 24.5 Å². The maximum atomic E-state index is 12.2. The Balaban J connectivity index is 1.91. The van der Waals surface area contributed by atoms with E-state index in [0.717, 1.165) is 5.56 Å². The highest BCUT2D eigenvalue weighted by molar-refractivity contribution is 5.52. The van der Waals surface area contributed by atoms with Gasteiger partial charge in [-0.1, -0.05) is 0 Å². The second-order valence-corrected chi connectivity index (χ2v) is 4.44. The van der Waals surface area contributed by atoms with Gasteiger partial charge in [-0.05, 0) is 19.1 Å². The second-order valence-electron chi connectivity index (χ2n) is 4.44. The van der Waals surface area contributed by atoms with Crippen LogP contribution in [0.1, 0.15) is 19.2 Å². The van der Waals surface area contributed by atoms with E-state index in [1.54, 1.807) is 24.5 Å². The smallest absolute Gasteiger partial charge is 0.307 e. The molecule has 2 aromatic heterocycles. The van der Waals surface area contributed by atoms with Crippen molar-refractivity contribution < 1.29 is 13.2 Å². The topological polar surface area (TPSA) is 66.5 Å². The van der Waals surface area contributed by atoms with Crippen LogP contribution < -0.4 is 5.32 Å². The summed E-state index contributed by atoms with van der Waals surface area (Å²) >= 11 is 0. The van der Waals surface area contributed by atoms with Gasteiger partial charge in [-0.15, -0.1) is 0 Å². The fraction of sp³-hybridized carbons (Fsp3) is 0.417. The number of nitrogens with one attached hydrogen (secondary N) is 2. The molecule has 0 amide bonds. The molecule has 20 heavy (non-hydrogen) atoms. The van der Waals surface area contributed by atoms with Crippen molar-refractivity contribution in [2.45, 2.75) is 32.1 Å². The molecule has 0 fully saturated rings. The third-order valence-electron chi connectivity index (χ3n) is 2.63. The lowest BCUT2D eigenvalue weighted by molar-refractivity contribution is -0.139. The van der Waals surface area contributed by atoms with Gasteiger partial charge in [0.1, 0.15) is 5.82 Å². The van der Waals surface area contributed by atoms with Crippen LogP contribution in [0.25, 0.3) is 11.4 Å². The van der Waals surface area contributed by atoms with Crippen LogP contribution in [0.4, 0.5) is 13.2 Å². The Labute approximate surface area is 113 Å². The van der Waals surface area contributed by atoms with Gasteiger partial charge in [0.15, 0.2) is 5.82 Å². The van der Waals surface area contributed by atoms with Crippen molar-refractivity contribution in [1.29, 1.82) is 0 Å². The van der Waals surface area contributed by atoms with Crippen LogP contribution >= 0.6 is 0 Å². The van der Waals surface area contributed by atoms with Crippen molar-refractivity contribution >= 4 is 0 Å². The quantitative estimate of drug-likeness (QED) is 0.884. The molecular formula is C12H14F3N5. The van der Waals surface area contributed by atoms with Gasteiger partial charge < -0.3 is 5.32 Å². The summed E-state index contributed by atoms with van der Waals surface area (Å²) in [6, 6.07) is 2.84. The highest BCUT2D eigenvalue weighted by Crippen LogP contribution is 2.21. The molecule has 0 radical (unpaired) electrons. The van der Waals surface area contributed by atoms with Crippen molar-refractivity contribution in [1.82, 2.24) is 25.5 Å². The van der Waals surface area contributed by atoms with Crippen molar-refractivity contribution in [3.63, 3.8) is 0 Å². The molecule has 0 aliphatic rings. The highest BCUT2D eigenvalue weighted by Gasteiger charge is 2.29. The molecule has 0 spiro atoms. The number of hydrogen-bond acceptors (Lipinski definition) is 4. The highest BCUT2D eigenvalue weighted by atomic mass is 19.4. The van der Waals surface area contributed by atoms with E-state index in [-0.39, 0.29) is 6.54 Å². The van der Waals surface area contributed by atoms with Gasteiger partial charge in [-0.25, -0.2) is 4.98 Å². The normalized spacial score (nSPS) is 13.4. The molecule has 108 valence electrons. The number of pyridine rings is 1. The van der Waals surface area contributed by atoms with E-state index in [4.69, 9.17) is 0 Å². The van der Waals surface area contributed by atoms with Gasteiger partial charge in [-0.2, -0.15) is 18.3 Å². The lowest BCUT2D eigenvalue weighted by Gasteiger charge is -2.14. The molecule has 2 aromatic rings. The van der Waals surface area contributed by atoms with Gasteiger partial charge >= 0.3 is 6.18 Å². The van der Waals surface area contributed by atoms with E-state index >= 15 is 0 Å². The molecule has 0 aliphatic carbocycles. The molecule has 1 unspecified atom stereocenters. The first-order valence-corrected chi connectivity index (χ1v) is 6.06. The van der Waals surface area contributed by atoms with Crippen LogP contribution in [-0.2, 0) is 6.54 Å². The summed E-state index contributed by atoms with van der Waals surface area (Å²) in [4.78, 5) is 8.10. The molecule has 1 atom stereocenters. The Morgan fingerprint density at radius 3 is 2.65 bits per heavy atom. The van der Waals surface area contributed by atoms with Crippen LogP contribution in [0.3, 0.4) is 0 Å². The summed E-state index contributed by atoms with van der Waals surface area (Å²) in [5, 5.41) is 9.46. The van der Waals surface area contributed by atoms with Crippen LogP contribution in [0.2, 0.25) is 0 Å². The first-order valence-electron chi connectivity index (χ1n) is 6.06. The minimum Gasteiger partial charge on any atom is -0.307 e. The van der Waals surface area contributed by atoms with E-state index in [9.17, 15) is 13.2 Å². The lowest BCUT2D eigenvalue weighted by Crippen LogP contribution is -2.31. The molecule has 0 aliphatic heterocycles. The standard InChI is InChI=1S/C12H14F3N5/c1-8(6-12(13,14)15)17-7-10-18-11(20-19-10)9-2-4-16-5-3-9/h2-5,8,17H,6-7H2,1H3,(H,18,19,20). The van der Waals surface area contributed by atoms with Gasteiger partial charge in [0, 0.05) is 24.0 Å². The number of halogens is 3. The zero-order valence-electron chi connectivity index (χ0n) is 10.8. The Morgan fingerprint density at radius 2 is 2.00 bits per heavy atom. The zero-order valence-corrected chi connectivity index (χ0v) is 10.8. The predicted molar refractivity (Wildman–Crippen MR) is 66.6 cm³/mol. The minimum atomic E-state index is -4.17. The Morgan fingerprint density at radius 1 is 1.30 bits per heavy atom. The van der Waals surface area contributed by atoms with Crippen molar-refractivity contribution in [2.75, 3.05) is 0 Å². The van der Waals surface area contributed by atoms with Crippen molar-refractivity contribution in [2.24, 2.45) is 0 Å². The Kier molecular flexibility index (Phi) is 4.33. The molecule has 0 saturated carbocycles. The number of hydrogen-bond donors (Lipinski definition) is 2. The molecule has 0 bridgehead atoms. The molecule has 2 rings (SSSR count). The summed E-state index contributed by atoms with van der Waals surface area (Å²) in [5.74, 6) is 0.985. The van der Waals surface area contributed by atoms with Gasteiger partial charge in [0.25, 0.3) is 0 Å². The monoisotopic (exact) mass is 285 g/mol. The zero-order chi connectivity index (χ0) is 14.6. The molecule has 5 nitrogen and oxygen atoms in total. The maximum Gasteiger partial charge on any atom is 0.390 e. The summed E-state index contributed by atoms with van der Waals surface area (Å²) < 4.78 is 36.5. The average molecular weight is 285 g/mol. The van der Waals surface area contributed by atoms with Crippen LogP contribution in [0.5, 0.6) is 0 Å². The van der Waals surface area contributed by atoms with Crippen LogP contribution in [-0.4, -0.2) is 32.4 Å². The third-order valence-corrected chi connectivity index (χ3v) is 2.63. The summed E-state index contributed by atoms with van der Waals surface area (Å²) in [6.07, 6.45) is -1.81. The number of rotatable bonds is 5. The fourth-order valence-electron chi connectivity index (χ4n) is 1.69. The number of H-pyrrole nitrogens is 1. The lowest BCUT2D eigenvalue weighted by atomic mass is 10.2. The Hall–Kier alpha value is -1.96. The Bertz CT molecular complexity index is 538. The number of nitrogens with zero attached hydrogens (tertiary/aromatic N) is 3. The second kappa shape index (κ2) is 6.00. The van der Waals surface area contributed by atoms with Gasteiger partial charge in [-0.3, -0.25) is 10.1 Å². The fourth-order valence-corrected chi connectivity index (χ4v) is 1.69. The number of aromatic amines is 1. The average Bonchev–Trinajstić information content (AvgIpc) is 2.84. The first kappa shape index (κ1) is 14.4. The molecule has 0 aromatic carbocycles. The van der Waals surface area contributed by atoms with Crippen LogP contribution in [0, 0.1) is 0 Å². The third kappa shape index (κ3) is 4.30. The summed E-state index contributed by atoms with van der Waals surface area (Å²) in [7, 11) is 0. The van der Waals surface area contributed by atoms with Crippen molar-refractivity contribution in [3.05, 3.63) is 30.4 Å². The van der Waals surface area contributed by atoms with Crippen molar-refractivity contribution in [3.8, 4) is 11.4 Å². The minimum absolute atomic E-state index is 0.204. The summed E-state index contributed by atoms with van der Waals surface area (Å²) in [6.45, 7) is 1.68.